The zero-order valence-electron chi connectivity index (χ0n) is 11.0. The Balaban J connectivity index is 0.000000224. The van der Waals surface area contributed by atoms with Crippen LogP contribution < -0.4 is 5.73 Å². The molecule has 1 saturated carbocycles. The first-order valence-electron chi connectivity index (χ1n) is 6.46. The number of carbonyl (C=O) groups excluding carboxylic acids is 3. The number of rotatable bonds is 3. The van der Waals surface area contributed by atoms with Crippen molar-refractivity contribution in [2.24, 2.45) is 5.73 Å². The van der Waals surface area contributed by atoms with Gasteiger partial charge in [0.1, 0.15) is 0 Å². The van der Waals surface area contributed by atoms with E-state index in [-0.39, 0.29) is 27.7 Å². The maximum atomic E-state index is 11.2. The maximum Gasteiger partial charge on any atom is 0.253 e. The van der Waals surface area contributed by atoms with Crippen molar-refractivity contribution in [2.45, 2.75) is 49.0 Å². The molecule has 0 bridgehead atoms. The summed E-state index contributed by atoms with van der Waals surface area (Å²) in [4.78, 5) is 33.9. The minimum atomic E-state index is -0.219. The fourth-order valence-corrected chi connectivity index (χ4v) is 2.14. The number of alkyl halides is 1. The minimum Gasteiger partial charge on any atom is -0.369 e. The summed E-state index contributed by atoms with van der Waals surface area (Å²) in [7, 11) is 0. The van der Waals surface area contributed by atoms with E-state index >= 15 is 0 Å². The first kappa shape index (κ1) is 16.1. The van der Waals surface area contributed by atoms with E-state index < -0.39 is 0 Å². The van der Waals surface area contributed by atoms with Gasteiger partial charge in [-0.2, -0.15) is 0 Å². The van der Waals surface area contributed by atoms with Crippen LogP contribution in [0.4, 0.5) is 0 Å². The Morgan fingerprint density at radius 2 is 1.84 bits per heavy atom. The van der Waals surface area contributed by atoms with Crippen molar-refractivity contribution in [1.82, 2.24) is 4.90 Å². The molecule has 0 radical (unpaired) electrons. The number of nitrogens with two attached hydrogens (primary N) is 1. The summed E-state index contributed by atoms with van der Waals surface area (Å²) in [5.41, 5.74) is 4.90. The second kappa shape index (κ2) is 7.62. The normalized spacial score (nSPS) is 20.4. The van der Waals surface area contributed by atoms with E-state index in [1.54, 1.807) is 0 Å². The van der Waals surface area contributed by atoms with E-state index in [4.69, 9.17) is 5.73 Å². The van der Waals surface area contributed by atoms with E-state index in [0.717, 1.165) is 32.1 Å². The third-order valence-corrected chi connectivity index (χ3v) is 4.69. The van der Waals surface area contributed by atoms with Crippen LogP contribution in [0.2, 0.25) is 0 Å². The SMILES string of the molecule is CCC(I)C(N)=O.O=C1C=CC(=O)N1C1CCCC1. The quantitative estimate of drug-likeness (QED) is 0.460. The van der Waals surface area contributed by atoms with E-state index in [9.17, 15) is 14.4 Å². The number of carbonyl (C=O) groups is 3. The average Bonchev–Trinajstić information content (AvgIpc) is 2.99. The second-order valence-electron chi connectivity index (χ2n) is 4.60. The summed E-state index contributed by atoms with van der Waals surface area (Å²) in [5, 5.41) is 0. The molecule has 3 amide bonds. The fourth-order valence-electron chi connectivity index (χ4n) is 2.14. The van der Waals surface area contributed by atoms with Crippen LogP contribution in [0.1, 0.15) is 39.0 Å². The molecule has 0 aromatic carbocycles. The van der Waals surface area contributed by atoms with Crippen LogP contribution in [0, 0.1) is 0 Å². The Kier molecular flexibility index (Phi) is 6.47. The molecule has 2 N–H and O–H groups in total. The van der Waals surface area contributed by atoms with Gasteiger partial charge in [-0.05, 0) is 19.3 Å². The van der Waals surface area contributed by atoms with Crippen molar-refractivity contribution in [1.29, 1.82) is 0 Å². The summed E-state index contributed by atoms with van der Waals surface area (Å²) in [5.74, 6) is -0.484. The Bertz CT molecular complexity index is 371. The van der Waals surface area contributed by atoms with Gasteiger partial charge in [-0.25, -0.2) is 0 Å². The molecule has 19 heavy (non-hydrogen) atoms. The highest BCUT2D eigenvalue weighted by atomic mass is 127. The lowest BCUT2D eigenvalue weighted by atomic mass is 10.2. The summed E-state index contributed by atoms with van der Waals surface area (Å²) in [6.07, 6.45) is 7.80. The van der Waals surface area contributed by atoms with Gasteiger partial charge in [0, 0.05) is 18.2 Å². The summed E-state index contributed by atoms with van der Waals surface area (Å²) < 4.78 is 0.0117. The van der Waals surface area contributed by atoms with Crippen LogP contribution in [0.15, 0.2) is 12.2 Å². The predicted molar refractivity (Wildman–Crippen MR) is 80.5 cm³/mol. The van der Waals surface area contributed by atoms with Gasteiger partial charge in [0.2, 0.25) is 5.91 Å². The zero-order valence-corrected chi connectivity index (χ0v) is 13.1. The van der Waals surface area contributed by atoms with Crippen molar-refractivity contribution >= 4 is 40.3 Å². The number of primary amides is 1. The van der Waals surface area contributed by atoms with Crippen molar-refractivity contribution in [2.75, 3.05) is 0 Å². The molecule has 1 atom stereocenters. The minimum absolute atomic E-state index is 0.0117. The molecule has 0 spiro atoms. The first-order valence-corrected chi connectivity index (χ1v) is 7.70. The molecule has 2 aliphatic rings. The molecule has 1 aliphatic carbocycles. The third kappa shape index (κ3) is 4.59. The zero-order chi connectivity index (χ0) is 14.4. The molecule has 1 unspecified atom stereocenters. The first-order chi connectivity index (χ1) is 8.97. The molecule has 1 fully saturated rings. The van der Waals surface area contributed by atoms with Crippen LogP contribution >= 0.6 is 22.6 Å². The lowest BCUT2D eigenvalue weighted by Gasteiger charge is -2.20. The number of hydrogen-bond donors (Lipinski definition) is 1. The molecule has 0 aromatic rings. The Morgan fingerprint density at radius 1 is 1.37 bits per heavy atom. The topological polar surface area (TPSA) is 80.5 Å². The molecular weight excluding hydrogens is 359 g/mol. The monoisotopic (exact) mass is 378 g/mol. The molecule has 1 aliphatic heterocycles. The van der Waals surface area contributed by atoms with Crippen LogP contribution in [-0.4, -0.2) is 32.6 Å². The summed E-state index contributed by atoms with van der Waals surface area (Å²) in [6.45, 7) is 1.93. The Labute approximate surface area is 126 Å². The Morgan fingerprint density at radius 3 is 2.16 bits per heavy atom. The standard InChI is InChI=1S/C9H11NO2.C4H8INO/c11-8-5-6-9(12)10(8)7-3-1-2-4-7;1-2-3(5)4(6)7/h5-7H,1-4H2;3H,2H2,1H3,(H2,6,7). The number of nitrogens with zero attached hydrogens (tertiary/aromatic N) is 1. The lowest BCUT2D eigenvalue weighted by Crippen LogP contribution is -2.38. The van der Waals surface area contributed by atoms with Gasteiger partial charge in [-0.3, -0.25) is 19.3 Å². The van der Waals surface area contributed by atoms with Gasteiger partial charge in [0.05, 0.1) is 3.92 Å². The second-order valence-corrected chi connectivity index (χ2v) is 6.10. The number of halogens is 1. The third-order valence-electron chi connectivity index (χ3n) is 3.20. The molecule has 1 heterocycles. The van der Waals surface area contributed by atoms with E-state index in [2.05, 4.69) is 0 Å². The lowest BCUT2D eigenvalue weighted by molar-refractivity contribution is -0.139. The molecular formula is C13H19IN2O3. The molecule has 0 aromatic heterocycles. The van der Waals surface area contributed by atoms with Gasteiger partial charge in [0.15, 0.2) is 0 Å². The van der Waals surface area contributed by atoms with Gasteiger partial charge in [-0.15, -0.1) is 0 Å². The van der Waals surface area contributed by atoms with Crippen molar-refractivity contribution in [3.63, 3.8) is 0 Å². The summed E-state index contributed by atoms with van der Waals surface area (Å²) >= 11 is 2.02. The number of imide groups is 1. The van der Waals surface area contributed by atoms with Crippen molar-refractivity contribution < 1.29 is 14.4 Å². The smallest absolute Gasteiger partial charge is 0.253 e. The molecule has 2 rings (SSSR count). The van der Waals surface area contributed by atoms with E-state index in [0.29, 0.717) is 0 Å². The molecule has 5 nitrogen and oxygen atoms in total. The predicted octanol–water partition coefficient (Wildman–Crippen LogP) is 1.54. The maximum absolute atomic E-state index is 11.2. The van der Waals surface area contributed by atoms with Gasteiger partial charge >= 0.3 is 0 Å². The number of amides is 3. The van der Waals surface area contributed by atoms with E-state index in [1.165, 1.54) is 17.1 Å². The number of hydrogen-bond acceptors (Lipinski definition) is 3. The average molecular weight is 378 g/mol. The molecule has 0 saturated heterocycles. The van der Waals surface area contributed by atoms with Crippen LogP contribution in [0.3, 0.4) is 0 Å². The van der Waals surface area contributed by atoms with Crippen molar-refractivity contribution in [3.05, 3.63) is 12.2 Å². The van der Waals surface area contributed by atoms with Gasteiger partial charge in [-0.1, -0.05) is 42.4 Å². The highest BCUT2D eigenvalue weighted by molar-refractivity contribution is 14.1. The highest BCUT2D eigenvalue weighted by Gasteiger charge is 2.32. The molecule has 106 valence electrons. The van der Waals surface area contributed by atoms with Gasteiger partial charge < -0.3 is 5.73 Å². The van der Waals surface area contributed by atoms with E-state index in [1.807, 2.05) is 29.5 Å². The van der Waals surface area contributed by atoms with Gasteiger partial charge in [0.25, 0.3) is 11.8 Å². The molecule has 6 heteroatoms. The van der Waals surface area contributed by atoms with Crippen LogP contribution in [-0.2, 0) is 14.4 Å². The van der Waals surface area contributed by atoms with Crippen molar-refractivity contribution in [3.8, 4) is 0 Å². The highest BCUT2D eigenvalue weighted by Crippen LogP contribution is 2.25. The van der Waals surface area contributed by atoms with Crippen LogP contribution in [0.25, 0.3) is 0 Å². The Hall–Kier alpha value is -0.920. The summed E-state index contributed by atoms with van der Waals surface area (Å²) in [6, 6.07) is 0.181. The largest absolute Gasteiger partial charge is 0.369 e. The fraction of sp³-hybridized carbons (Fsp3) is 0.615. The van der Waals surface area contributed by atoms with Crippen LogP contribution in [0.5, 0.6) is 0 Å².